The molecule has 3 heteroatoms. The molecule has 3 aromatic rings. The third kappa shape index (κ3) is 3.27. The van der Waals surface area contributed by atoms with Crippen LogP contribution < -0.4 is 4.74 Å². The molecule has 0 spiro atoms. The molecule has 0 aliphatic heterocycles. The van der Waals surface area contributed by atoms with Crippen LogP contribution >= 0.6 is 0 Å². The minimum atomic E-state index is -0.961. The Hall–Kier alpha value is -2.68. The van der Waals surface area contributed by atoms with E-state index in [0.717, 1.165) is 23.1 Å². The van der Waals surface area contributed by atoms with Crippen LogP contribution in [0.5, 0.6) is 5.75 Å². The van der Waals surface area contributed by atoms with Crippen molar-refractivity contribution in [3.8, 4) is 28.0 Å². The van der Waals surface area contributed by atoms with Crippen LogP contribution in [0.15, 0.2) is 54.6 Å². The maximum absolute atomic E-state index is 14.3. The van der Waals surface area contributed by atoms with Crippen LogP contribution in [0.2, 0.25) is 0 Å². The fourth-order valence-corrected chi connectivity index (χ4v) is 2.99. The van der Waals surface area contributed by atoms with Crippen LogP contribution in [0.1, 0.15) is 18.1 Å². The first kappa shape index (κ1) is 17.2. The van der Waals surface area contributed by atoms with Gasteiger partial charge in [0.2, 0.25) is 5.82 Å². The van der Waals surface area contributed by atoms with Crippen molar-refractivity contribution in [2.75, 3.05) is 7.11 Å². The second kappa shape index (κ2) is 7.06. The van der Waals surface area contributed by atoms with Gasteiger partial charge >= 0.3 is 0 Å². The molecule has 0 fully saturated rings. The second-order valence-corrected chi connectivity index (χ2v) is 6.02. The normalized spacial score (nSPS) is 10.8. The van der Waals surface area contributed by atoms with Gasteiger partial charge in [0, 0.05) is 5.56 Å². The lowest BCUT2D eigenvalue weighted by atomic mass is 9.95. The molecule has 0 aliphatic rings. The third-order valence-electron chi connectivity index (χ3n) is 4.48. The smallest absolute Gasteiger partial charge is 0.201 e. The standard InChI is InChI=1S/C22H20F2O/c1-4-15-5-7-16(8-6-15)18-10-9-17(13-14(18)2)19-11-12-20(25-3)22(24)21(19)23/h5-13H,4H2,1-3H3. The van der Waals surface area contributed by atoms with E-state index >= 15 is 0 Å². The van der Waals surface area contributed by atoms with Crippen LogP contribution in [0.25, 0.3) is 22.3 Å². The number of aryl methyl sites for hydroxylation is 2. The van der Waals surface area contributed by atoms with Crippen molar-refractivity contribution in [1.82, 2.24) is 0 Å². The van der Waals surface area contributed by atoms with Gasteiger partial charge in [0.15, 0.2) is 11.6 Å². The first-order valence-electron chi connectivity index (χ1n) is 8.27. The summed E-state index contributed by atoms with van der Waals surface area (Å²) in [6.45, 7) is 4.10. The van der Waals surface area contributed by atoms with Crippen LogP contribution in [0.3, 0.4) is 0 Å². The molecule has 1 nitrogen and oxygen atoms in total. The molecule has 0 aromatic heterocycles. The molecule has 0 saturated heterocycles. The molecule has 0 unspecified atom stereocenters. The SMILES string of the molecule is CCc1ccc(-c2ccc(-c3ccc(OC)c(F)c3F)cc2C)cc1. The molecular formula is C22H20F2O. The Morgan fingerprint density at radius 2 is 1.44 bits per heavy atom. The predicted molar refractivity (Wildman–Crippen MR) is 97.9 cm³/mol. The van der Waals surface area contributed by atoms with E-state index in [9.17, 15) is 8.78 Å². The molecular weight excluding hydrogens is 318 g/mol. The largest absolute Gasteiger partial charge is 0.494 e. The fraction of sp³-hybridized carbons (Fsp3) is 0.182. The average Bonchev–Trinajstić information content (AvgIpc) is 2.64. The van der Waals surface area contributed by atoms with Crippen molar-refractivity contribution in [2.45, 2.75) is 20.3 Å². The third-order valence-corrected chi connectivity index (χ3v) is 4.48. The Bertz CT molecular complexity index is 899. The van der Waals surface area contributed by atoms with Crippen molar-refractivity contribution < 1.29 is 13.5 Å². The lowest BCUT2D eigenvalue weighted by Gasteiger charge is -2.12. The molecule has 0 bridgehead atoms. The highest BCUT2D eigenvalue weighted by atomic mass is 19.2. The van der Waals surface area contributed by atoms with Gasteiger partial charge in [0.05, 0.1) is 7.11 Å². The van der Waals surface area contributed by atoms with Crippen molar-refractivity contribution >= 4 is 0 Å². The highest BCUT2D eigenvalue weighted by Crippen LogP contribution is 2.33. The first-order chi connectivity index (χ1) is 12.0. The summed E-state index contributed by atoms with van der Waals surface area (Å²) in [5.41, 5.74) is 5.37. The molecule has 0 atom stereocenters. The van der Waals surface area contributed by atoms with Crippen molar-refractivity contribution in [1.29, 1.82) is 0 Å². The molecule has 0 N–H and O–H groups in total. The Morgan fingerprint density at radius 3 is 2.04 bits per heavy atom. The van der Waals surface area contributed by atoms with Crippen molar-refractivity contribution in [3.63, 3.8) is 0 Å². The topological polar surface area (TPSA) is 9.23 Å². The molecule has 25 heavy (non-hydrogen) atoms. The summed E-state index contributed by atoms with van der Waals surface area (Å²) in [7, 11) is 1.32. The summed E-state index contributed by atoms with van der Waals surface area (Å²) in [6, 6.07) is 17.1. The van der Waals surface area contributed by atoms with E-state index in [1.54, 1.807) is 6.07 Å². The summed E-state index contributed by atoms with van der Waals surface area (Å²) in [4.78, 5) is 0. The minimum Gasteiger partial charge on any atom is -0.494 e. The molecule has 0 radical (unpaired) electrons. The highest BCUT2D eigenvalue weighted by Gasteiger charge is 2.16. The van der Waals surface area contributed by atoms with Gasteiger partial charge in [-0.1, -0.05) is 49.4 Å². The summed E-state index contributed by atoms with van der Waals surface area (Å²) < 4.78 is 33.1. The summed E-state index contributed by atoms with van der Waals surface area (Å²) in [5.74, 6) is -1.94. The van der Waals surface area contributed by atoms with Gasteiger partial charge in [-0.05, 0) is 53.3 Å². The van der Waals surface area contributed by atoms with Gasteiger partial charge in [0.25, 0.3) is 0 Å². The van der Waals surface area contributed by atoms with Crippen LogP contribution in [0.4, 0.5) is 8.78 Å². The van der Waals surface area contributed by atoms with E-state index in [4.69, 9.17) is 4.74 Å². The van der Waals surface area contributed by atoms with Gasteiger partial charge in [-0.25, -0.2) is 4.39 Å². The monoisotopic (exact) mass is 338 g/mol. The van der Waals surface area contributed by atoms with Crippen molar-refractivity contribution in [2.24, 2.45) is 0 Å². The zero-order valence-corrected chi connectivity index (χ0v) is 14.6. The van der Waals surface area contributed by atoms with E-state index in [1.165, 1.54) is 18.7 Å². The lowest BCUT2D eigenvalue weighted by Crippen LogP contribution is -1.95. The molecule has 3 aromatic carbocycles. The molecule has 0 saturated carbocycles. The first-order valence-corrected chi connectivity index (χ1v) is 8.27. The van der Waals surface area contributed by atoms with Crippen LogP contribution in [-0.2, 0) is 6.42 Å². The summed E-state index contributed by atoms with van der Waals surface area (Å²) in [5, 5.41) is 0. The lowest BCUT2D eigenvalue weighted by molar-refractivity contribution is 0.372. The zero-order valence-electron chi connectivity index (χ0n) is 14.6. The van der Waals surface area contributed by atoms with E-state index in [2.05, 4.69) is 31.2 Å². The molecule has 3 rings (SSSR count). The maximum Gasteiger partial charge on any atom is 0.201 e. The highest BCUT2D eigenvalue weighted by molar-refractivity contribution is 5.74. The Kier molecular flexibility index (Phi) is 4.84. The number of hydrogen-bond acceptors (Lipinski definition) is 1. The maximum atomic E-state index is 14.3. The molecule has 0 amide bonds. The fourth-order valence-electron chi connectivity index (χ4n) is 2.99. The van der Waals surface area contributed by atoms with Gasteiger partial charge in [0.1, 0.15) is 0 Å². The number of rotatable bonds is 4. The molecule has 0 heterocycles. The number of halogens is 2. The Morgan fingerprint density at radius 1 is 0.800 bits per heavy atom. The van der Waals surface area contributed by atoms with E-state index < -0.39 is 11.6 Å². The van der Waals surface area contributed by atoms with Crippen LogP contribution in [0, 0.1) is 18.6 Å². The zero-order chi connectivity index (χ0) is 18.0. The minimum absolute atomic E-state index is 0.0920. The predicted octanol–water partition coefficient (Wildman–Crippen LogP) is 6.18. The Labute approximate surface area is 146 Å². The number of ether oxygens (including phenoxy) is 1. The van der Waals surface area contributed by atoms with Crippen molar-refractivity contribution in [3.05, 3.63) is 77.4 Å². The van der Waals surface area contributed by atoms with Gasteiger partial charge in [-0.2, -0.15) is 4.39 Å². The Balaban J connectivity index is 2.01. The number of hydrogen-bond donors (Lipinski definition) is 0. The quantitative estimate of drug-likeness (QED) is 0.552. The van der Waals surface area contributed by atoms with E-state index in [-0.39, 0.29) is 11.3 Å². The van der Waals surface area contributed by atoms with Gasteiger partial charge in [-0.3, -0.25) is 0 Å². The van der Waals surface area contributed by atoms with Gasteiger partial charge < -0.3 is 4.74 Å². The molecule has 128 valence electrons. The van der Waals surface area contributed by atoms with Gasteiger partial charge in [-0.15, -0.1) is 0 Å². The molecule has 0 aliphatic carbocycles. The summed E-state index contributed by atoms with van der Waals surface area (Å²) >= 11 is 0. The number of benzene rings is 3. The number of methoxy groups -OCH3 is 1. The summed E-state index contributed by atoms with van der Waals surface area (Å²) in [6.07, 6.45) is 1.00. The van der Waals surface area contributed by atoms with E-state index in [1.807, 2.05) is 25.1 Å². The van der Waals surface area contributed by atoms with Crippen LogP contribution in [-0.4, -0.2) is 7.11 Å². The average molecular weight is 338 g/mol. The second-order valence-electron chi connectivity index (χ2n) is 6.02. The van der Waals surface area contributed by atoms with E-state index in [0.29, 0.717) is 5.56 Å².